The number of carbonyl (C=O) groups excluding carboxylic acids is 2. The van der Waals surface area contributed by atoms with Crippen LogP contribution in [-0.4, -0.2) is 24.6 Å². The highest BCUT2D eigenvalue weighted by Gasteiger charge is 2.18. The van der Waals surface area contributed by atoms with Crippen LogP contribution in [-0.2, 0) is 14.3 Å². The molecule has 0 saturated heterocycles. The lowest BCUT2D eigenvalue weighted by Gasteiger charge is -2.14. The minimum atomic E-state index is -0.970. The second-order valence-corrected chi connectivity index (χ2v) is 5.78. The van der Waals surface area contributed by atoms with Crippen LogP contribution in [0, 0.1) is 5.82 Å². The van der Waals surface area contributed by atoms with Gasteiger partial charge in [0.1, 0.15) is 11.6 Å². The highest BCUT2D eigenvalue weighted by molar-refractivity contribution is 6.39. The number of anilines is 1. The van der Waals surface area contributed by atoms with Gasteiger partial charge in [0.25, 0.3) is 5.91 Å². The molecule has 1 atom stereocenters. The van der Waals surface area contributed by atoms with E-state index in [1.54, 1.807) is 18.2 Å². The highest BCUT2D eigenvalue weighted by atomic mass is 35.5. The third-order valence-electron chi connectivity index (χ3n) is 3.03. The fourth-order valence-electron chi connectivity index (χ4n) is 1.81. The predicted molar refractivity (Wildman–Crippen MR) is 92.5 cm³/mol. The Morgan fingerprint density at radius 3 is 2.32 bits per heavy atom. The summed E-state index contributed by atoms with van der Waals surface area (Å²) < 4.78 is 23.0. The average molecular weight is 386 g/mol. The normalized spacial score (nSPS) is 11.5. The molecule has 0 aliphatic rings. The molecule has 0 fully saturated rings. The summed E-state index contributed by atoms with van der Waals surface area (Å²) in [6, 6.07) is 9.93. The number of nitrogens with one attached hydrogen (secondary N) is 1. The Kier molecular flexibility index (Phi) is 6.61. The number of carbonyl (C=O) groups is 2. The average Bonchev–Trinajstić information content (AvgIpc) is 2.58. The molecule has 1 amide bonds. The molecule has 0 spiro atoms. The van der Waals surface area contributed by atoms with Crippen LogP contribution in [0.2, 0.25) is 10.0 Å². The molecule has 0 aromatic heterocycles. The molecule has 132 valence electrons. The first-order valence-electron chi connectivity index (χ1n) is 7.19. The van der Waals surface area contributed by atoms with Crippen molar-refractivity contribution >= 4 is 40.8 Å². The third kappa shape index (κ3) is 5.62. The summed E-state index contributed by atoms with van der Waals surface area (Å²) in [5, 5.41) is 2.99. The summed E-state index contributed by atoms with van der Waals surface area (Å²) in [7, 11) is 0. The van der Waals surface area contributed by atoms with Crippen LogP contribution in [0.5, 0.6) is 5.75 Å². The summed E-state index contributed by atoms with van der Waals surface area (Å²) in [5.74, 6) is -1.46. The largest absolute Gasteiger partial charge is 0.479 e. The molecule has 2 aromatic rings. The number of ether oxygens (including phenoxy) is 2. The Balaban J connectivity index is 1.84. The van der Waals surface area contributed by atoms with Gasteiger partial charge in [-0.1, -0.05) is 29.3 Å². The number of amides is 1. The fraction of sp³-hybridized carbons (Fsp3) is 0.176. The van der Waals surface area contributed by atoms with Crippen molar-refractivity contribution in [2.24, 2.45) is 0 Å². The van der Waals surface area contributed by atoms with Gasteiger partial charge in [-0.3, -0.25) is 4.79 Å². The van der Waals surface area contributed by atoms with Crippen molar-refractivity contribution in [3.8, 4) is 5.75 Å². The van der Waals surface area contributed by atoms with E-state index in [9.17, 15) is 14.0 Å². The Labute approximate surface area is 153 Å². The molecule has 1 N–H and O–H groups in total. The van der Waals surface area contributed by atoms with E-state index < -0.39 is 30.4 Å². The Morgan fingerprint density at radius 2 is 1.72 bits per heavy atom. The molecule has 0 unspecified atom stereocenters. The van der Waals surface area contributed by atoms with Crippen LogP contribution in [0.3, 0.4) is 0 Å². The smallest absolute Gasteiger partial charge is 0.347 e. The molecule has 0 bridgehead atoms. The lowest BCUT2D eigenvalue weighted by Crippen LogP contribution is -2.29. The number of halogens is 3. The van der Waals surface area contributed by atoms with Gasteiger partial charge in [-0.05, 0) is 43.3 Å². The molecule has 0 aliphatic heterocycles. The first-order chi connectivity index (χ1) is 11.9. The van der Waals surface area contributed by atoms with Gasteiger partial charge in [-0.25, -0.2) is 9.18 Å². The maximum absolute atomic E-state index is 12.8. The first kappa shape index (κ1) is 19.0. The zero-order valence-electron chi connectivity index (χ0n) is 13.1. The topological polar surface area (TPSA) is 64.6 Å². The molecule has 0 aliphatic carbocycles. The molecule has 2 rings (SSSR count). The molecule has 8 heteroatoms. The minimum Gasteiger partial charge on any atom is -0.479 e. The minimum absolute atomic E-state index is 0.238. The summed E-state index contributed by atoms with van der Waals surface area (Å²) in [4.78, 5) is 23.7. The summed E-state index contributed by atoms with van der Waals surface area (Å²) >= 11 is 11.9. The Hall–Kier alpha value is -2.31. The van der Waals surface area contributed by atoms with Crippen molar-refractivity contribution in [1.82, 2.24) is 0 Å². The van der Waals surface area contributed by atoms with Crippen molar-refractivity contribution < 1.29 is 23.5 Å². The predicted octanol–water partition coefficient (Wildman–Crippen LogP) is 4.08. The van der Waals surface area contributed by atoms with Crippen LogP contribution in [0.15, 0.2) is 42.5 Å². The van der Waals surface area contributed by atoms with Gasteiger partial charge < -0.3 is 14.8 Å². The van der Waals surface area contributed by atoms with E-state index in [0.717, 1.165) is 0 Å². The van der Waals surface area contributed by atoms with E-state index in [4.69, 9.17) is 32.7 Å². The van der Waals surface area contributed by atoms with E-state index in [-0.39, 0.29) is 15.7 Å². The van der Waals surface area contributed by atoms with E-state index in [2.05, 4.69) is 5.32 Å². The van der Waals surface area contributed by atoms with Gasteiger partial charge in [0.05, 0.1) is 15.7 Å². The summed E-state index contributed by atoms with van der Waals surface area (Å²) in [6.07, 6.45) is -0.970. The van der Waals surface area contributed by atoms with Crippen LogP contribution in [0.1, 0.15) is 6.92 Å². The quantitative estimate of drug-likeness (QED) is 0.760. The number of rotatable bonds is 6. The maximum atomic E-state index is 12.8. The SMILES string of the molecule is C[C@@H](Oc1ccc(F)cc1)C(=O)OCC(=O)Nc1c(Cl)cccc1Cl. The van der Waals surface area contributed by atoms with Crippen LogP contribution in [0.25, 0.3) is 0 Å². The molecule has 2 aromatic carbocycles. The molecule has 0 radical (unpaired) electrons. The van der Waals surface area contributed by atoms with Gasteiger partial charge in [0.15, 0.2) is 12.7 Å². The van der Waals surface area contributed by atoms with Gasteiger partial charge in [0, 0.05) is 0 Å². The van der Waals surface area contributed by atoms with E-state index in [0.29, 0.717) is 5.75 Å². The number of hydrogen-bond donors (Lipinski definition) is 1. The van der Waals surface area contributed by atoms with Crippen molar-refractivity contribution in [3.63, 3.8) is 0 Å². The molecule has 0 heterocycles. The van der Waals surface area contributed by atoms with Crippen LogP contribution in [0.4, 0.5) is 10.1 Å². The van der Waals surface area contributed by atoms with Gasteiger partial charge in [-0.15, -0.1) is 0 Å². The van der Waals surface area contributed by atoms with Crippen molar-refractivity contribution in [2.45, 2.75) is 13.0 Å². The summed E-state index contributed by atoms with van der Waals surface area (Å²) in [5.41, 5.74) is 0.238. The number of para-hydroxylation sites is 1. The summed E-state index contributed by atoms with van der Waals surface area (Å²) in [6.45, 7) is 0.923. The molecule has 25 heavy (non-hydrogen) atoms. The van der Waals surface area contributed by atoms with Gasteiger partial charge in [0.2, 0.25) is 0 Å². The van der Waals surface area contributed by atoms with Crippen LogP contribution < -0.4 is 10.1 Å². The lowest BCUT2D eigenvalue weighted by atomic mass is 10.3. The van der Waals surface area contributed by atoms with E-state index >= 15 is 0 Å². The van der Waals surface area contributed by atoms with E-state index in [1.807, 2.05) is 0 Å². The monoisotopic (exact) mass is 385 g/mol. The second-order valence-electron chi connectivity index (χ2n) is 4.97. The highest BCUT2D eigenvalue weighted by Crippen LogP contribution is 2.29. The molecular weight excluding hydrogens is 372 g/mol. The molecular formula is C17H14Cl2FNO4. The first-order valence-corrected chi connectivity index (χ1v) is 7.95. The molecule has 0 saturated carbocycles. The lowest BCUT2D eigenvalue weighted by molar-refractivity contribution is -0.153. The second kappa shape index (κ2) is 8.69. The Bertz CT molecular complexity index is 747. The van der Waals surface area contributed by atoms with Gasteiger partial charge in [-0.2, -0.15) is 0 Å². The van der Waals surface area contributed by atoms with Crippen molar-refractivity contribution in [2.75, 3.05) is 11.9 Å². The number of hydrogen-bond acceptors (Lipinski definition) is 4. The van der Waals surface area contributed by atoms with Crippen molar-refractivity contribution in [3.05, 3.63) is 58.3 Å². The van der Waals surface area contributed by atoms with Gasteiger partial charge >= 0.3 is 5.97 Å². The fourth-order valence-corrected chi connectivity index (χ4v) is 2.30. The van der Waals surface area contributed by atoms with E-state index in [1.165, 1.54) is 31.2 Å². The standard InChI is InChI=1S/C17H14Cl2FNO4/c1-10(25-12-7-5-11(20)6-8-12)17(23)24-9-15(22)21-16-13(18)3-2-4-14(16)19/h2-8,10H,9H2,1H3,(H,21,22)/t10-/m1/s1. The number of esters is 1. The van der Waals surface area contributed by atoms with Crippen molar-refractivity contribution in [1.29, 1.82) is 0 Å². The molecule has 5 nitrogen and oxygen atoms in total. The Morgan fingerprint density at radius 1 is 1.12 bits per heavy atom. The zero-order valence-corrected chi connectivity index (χ0v) is 14.6. The number of benzene rings is 2. The maximum Gasteiger partial charge on any atom is 0.347 e. The van der Waals surface area contributed by atoms with Crippen LogP contribution >= 0.6 is 23.2 Å². The third-order valence-corrected chi connectivity index (χ3v) is 3.66. The zero-order chi connectivity index (χ0) is 18.4.